The molecule has 0 spiro atoms. The highest BCUT2D eigenvalue weighted by Crippen LogP contribution is 2.53. The zero-order valence-electron chi connectivity index (χ0n) is 21.2. The lowest BCUT2D eigenvalue weighted by Gasteiger charge is -2.48. The Hall–Kier alpha value is -3.82. The molecule has 2 saturated carbocycles. The number of hydrogen-bond acceptors (Lipinski definition) is 4. The Bertz CT molecular complexity index is 1290. The first-order chi connectivity index (χ1) is 18.6. The van der Waals surface area contributed by atoms with E-state index in [1.54, 1.807) is 11.0 Å². The predicted octanol–water partition coefficient (Wildman–Crippen LogP) is 5.95. The Balaban J connectivity index is 1.54. The highest BCUT2D eigenvalue weighted by molar-refractivity contribution is 6.07. The summed E-state index contributed by atoms with van der Waals surface area (Å²) < 4.78 is 41.8. The fourth-order valence-electron chi connectivity index (χ4n) is 6.06. The Morgan fingerprint density at radius 2 is 1.77 bits per heavy atom. The van der Waals surface area contributed by atoms with Crippen molar-refractivity contribution in [2.45, 2.75) is 69.4 Å². The fraction of sp³-hybridized carbons (Fsp3) is 0.414. The van der Waals surface area contributed by atoms with Gasteiger partial charge < -0.3 is 19.6 Å². The van der Waals surface area contributed by atoms with Crippen LogP contribution in [0, 0.1) is 5.92 Å². The topological polar surface area (TPSA) is 87.2 Å². The zero-order chi connectivity index (χ0) is 27.9. The average Bonchev–Trinajstić information content (AvgIpc) is 3.61. The number of anilines is 1. The smallest absolute Gasteiger partial charge is 0.481 e. The number of carbonyl (C=O) groups is 3. The van der Waals surface area contributed by atoms with E-state index in [1.165, 1.54) is 12.1 Å². The Morgan fingerprint density at radius 3 is 2.38 bits per heavy atom. The Labute approximate surface area is 223 Å². The maximum absolute atomic E-state index is 13.9. The third kappa shape index (κ3) is 5.51. The number of nitrogens with zero attached hydrogens (tertiary/aromatic N) is 2. The van der Waals surface area contributed by atoms with Gasteiger partial charge in [-0.3, -0.25) is 14.4 Å². The number of hydrogen-bond donors (Lipinski definition) is 1. The molecule has 0 bridgehead atoms. The summed E-state index contributed by atoms with van der Waals surface area (Å²) in [6.45, 7) is 3.86. The van der Waals surface area contributed by atoms with Gasteiger partial charge in [0.05, 0.1) is 12.5 Å². The van der Waals surface area contributed by atoms with Crippen LogP contribution < -0.4 is 9.64 Å². The number of aliphatic carboxylic acids is 1. The molecule has 0 aromatic heterocycles. The first-order valence-corrected chi connectivity index (χ1v) is 13.1. The van der Waals surface area contributed by atoms with Crippen LogP contribution in [0.5, 0.6) is 5.75 Å². The quantitative estimate of drug-likeness (QED) is 0.445. The highest BCUT2D eigenvalue weighted by atomic mass is 19.4. The molecule has 2 aromatic rings. The van der Waals surface area contributed by atoms with Crippen LogP contribution in [-0.4, -0.2) is 46.2 Å². The third-order valence-electron chi connectivity index (χ3n) is 7.77. The molecule has 0 radical (unpaired) electrons. The van der Waals surface area contributed by atoms with Crippen LogP contribution in [-0.2, 0) is 9.59 Å². The van der Waals surface area contributed by atoms with E-state index in [9.17, 15) is 32.7 Å². The molecule has 3 aliphatic rings. The van der Waals surface area contributed by atoms with Crippen molar-refractivity contribution in [2.24, 2.45) is 5.92 Å². The summed E-state index contributed by atoms with van der Waals surface area (Å²) in [6.07, 6.45) is 0.553. The normalized spacial score (nSPS) is 22.0. The summed E-state index contributed by atoms with van der Waals surface area (Å²) in [5.41, 5.74) is 2.50. The molecule has 1 heterocycles. The molecule has 7 nitrogen and oxygen atoms in total. The fourth-order valence-corrected chi connectivity index (χ4v) is 6.06. The average molecular weight is 543 g/mol. The largest absolute Gasteiger partial charge is 0.573 e. The Kier molecular flexibility index (Phi) is 7.13. The van der Waals surface area contributed by atoms with Crippen LogP contribution in [0.2, 0.25) is 0 Å². The molecule has 2 aliphatic carbocycles. The van der Waals surface area contributed by atoms with E-state index in [2.05, 4.69) is 11.3 Å². The van der Waals surface area contributed by atoms with Gasteiger partial charge in [-0.25, -0.2) is 0 Å². The minimum Gasteiger partial charge on any atom is -0.481 e. The first-order valence-electron chi connectivity index (χ1n) is 13.1. The predicted molar refractivity (Wildman–Crippen MR) is 137 cm³/mol. The second kappa shape index (κ2) is 10.4. The summed E-state index contributed by atoms with van der Waals surface area (Å²) in [5.74, 6) is -2.05. The number of rotatable bonds is 8. The number of halogens is 3. The summed E-state index contributed by atoms with van der Waals surface area (Å²) in [7, 11) is 0. The number of carbonyl (C=O) groups excluding carboxylic acids is 2. The van der Waals surface area contributed by atoms with E-state index in [0.717, 1.165) is 48.9 Å². The number of carboxylic acid groups (broad SMARTS) is 1. The van der Waals surface area contributed by atoms with Crippen molar-refractivity contribution in [3.63, 3.8) is 0 Å². The van der Waals surface area contributed by atoms with E-state index in [4.69, 9.17) is 0 Å². The van der Waals surface area contributed by atoms with Gasteiger partial charge in [0.15, 0.2) is 0 Å². The molecular formula is C29H29F3N2O5. The standard InChI is InChI=1S/C29H29F3N2O5/c1-2-17-6-13-24-22(16-17)27(33(19-9-10-19)25(35)14-15-26(36)37)21-4-3-5-23(21)34(24)28(38)18-7-11-20(12-8-18)39-29(30,31)32/h2,6-8,11-13,16,19,21,23,27H,1,3-5,9-10,14-15H2,(H,36,37). The molecule has 2 aromatic carbocycles. The van der Waals surface area contributed by atoms with E-state index in [0.29, 0.717) is 12.1 Å². The third-order valence-corrected chi connectivity index (χ3v) is 7.77. The van der Waals surface area contributed by atoms with E-state index >= 15 is 0 Å². The minimum absolute atomic E-state index is 0.0289. The number of ether oxygens (including phenoxy) is 1. The lowest BCUT2D eigenvalue weighted by Crippen LogP contribution is -2.53. The summed E-state index contributed by atoms with van der Waals surface area (Å²) in [4.78, 5) is 42.1. The van der Waals surface area contributed by atoms with Gasteiger partial charge in [0, 0.05) is 35.7 Å². The molecule has 3 atom stereocenters. The van der Waals surface area contributed by atoms with Gasteiger partial charge in [0.2, 0.25) is 5.91 Å². The van der Waals surface area contributed by atoms with Crippen molar-refractivity contribution < 1.29 is 37.4 Å². The first kappa shape index (κ1) is 26.8. The SMILES string of the molecule is C=Cc1ccc2c(c1)C(N(C(=O)CCC(=O)O)C1CC1)C1CCCC1N2C(=O)c1ccc(OC(F)(F)F)cc1. The van der Waals surface area contributed by atoms with E-state index in [-0.39, 0.29) is 54.3 Å². The molecule has 0 saturated heterocycles. The van der Waals surface area contributed by atoms with Crippen LogP contribution in [0.4, 0.5) is 18.9 Å². The lowest BCUT2D eigenvalue weighted by atomic mass is 9.80. The molecule has 2 fully saturated rings. The van der Waals surface area contributed by atoms with Gasteiger partial charge >= 0.3 is 12.3 Å². The van der Waals surface area contributed by atoms with Gasteiger partial charge in [0.25, 0.3) is 5.91 Å². The van der Waals surface area contributed by atoms with Gasteiger partial charge in [-0.05, 0) is 73.2 Å². The van der Waals surface area contributed by atoms with Crippen molar-refractivity contribution in [3.8, 4) is 5.75 Å². The molecule has 5 rings (SSSR count). The number of benzene rings is 2. The number of fused-ring (bicyclic) bond motifs is 2. The van der Waals surface area contributed by atoms with Gasteiger partial charge in [-0.15, -0.1) is 13.2 Å². The van der Waals surface area contributed by atoms with Crippen molar-refractivity contribution in [1.29, 1.82) is 0 Å². The van der Waals surface area contributed by atoms with E-state index in [1.807, 2.05) is 23.1 Å². The van der Waals surface area contributed by atoms with Crippen LogP contribution in [0.15, 0.2) is 49.0 Å². The second-order valence-electron chi connectivity index (χ2n) is 10.3. The summed E-state index contributed by atoms with van der Waals surface area (Å²) in [6, 6.07) is 9.99. The van der Waals surface area contributed by atoms with Crippen molar-refractivity contribution in [2.75, 3.05) is 4.90 Å². The zero-order valence-corrected chi connectivity index (χ0v) is 21.2. The number of amides is 2. The number of alkyl halides is 3. The monoisotopic (exact) mass is 542 g/mol. The van der Waals surface area contributed by atoms with Crippen molar-refractivity contribution >= 4 is 29.5 Å². The summed E-state index contributed by atoms with van der Waals surface area (Å²) in [5, 5.41) is 9.17. The minimum atomic E-state index is -4.83. The molecule has 1 N–H and O–H groups in total. The molecule has 39 heavy (non-hydrogen) atoms. The second-order valence-corrected chi connectivity index (χ2v) is 10.3. The summed E-state index contributed by atoms with van der Waals surface area (Å²) >= 11 is 0. The molecule has 2 amide bonds. The van der Waals surface area contributed by atoms with Gasteiger partial charge in [-0.2, -0.15) is 0 Å². The van der Waals surface area contributed by atoms with E-state index < -0.39 is 18.1 Å². The molecule has 1 aliphatic heterocycles. The highest BCUT2D eigenvalue weighted by Gasteiger charge is 2.51. The lowest BCUT2D eigenvalue weighted by molar-refractivity contribution is -0.274. The molecule has 206 valence electrons. The number of carboxylic acids is 1. The molecular weight excluding hydrogens is 513 g/mol. The van der Waals surface area contributed by atoms with Crippen molar-refractivity contribution in [3.05, 3.63) is 65.7 Å². The van der Waals surface area contributed by atoms with Crippen molar-refractivity contribution in [1.82, 2.24) is 4.90 Å². The molecule has 10 heteroatoms. The molecule has 3 unspecified atom stereocenters. The van der Waals surface area contributed by atoms with Crippen LogP contribution in [0.25, 0.3) is 6.08 Å². The van der Waals surface area contributed by atoms with Gasteiger partial charge in [-0.1, -0.05) is 25.1 Å². The van der Waals surface area contributed by atoms with Crippen LogP contribution in [0.1, 0.15) is 72.5 Å². The van der Waals surface area contributed by atoms with Crippen LogP contribution in [0.3, 0.4) is 0 Å². The maximum Gasteiger partial charge on any atom is 0.573 e. The van der Waals surface area contributed by atoms with Crippen LogP contribution >= 0.6 is 0 Å². The Morgan fingerprint density at radius 1 is 1.05 bits per heavy atom. The van der Waals surface area contributed by atoms with Gasteiger partial charge in [0.1, 0.15) is 5.75 Å². The maximum atomic E-state index is 13.9.